The maximum atomic E-state index is 2.36. The molecule has 1 fully saturated rings. The molecule has 0 spiro atoms. The smallest absolute Gasteiger partial charge is 0.0151 e. The number of benzene rings is 2. The molecular weight excluding hydrogens is 276 g/mol. The summed E-state index contributed by atoms with van der Waals surface area (Å²) in [6.45, 7) is 13.6. The number of hydrogen-bond acceptors (Lipinski definition) is 0. The Morgan fingerprint density at radius 1 is 0.565 bits per heavy atom. The van der Waals surface area contributed by atoms with Crippen LogP contribution in [0.4, 0.5) is 0 Å². The molecule has 2 unspecified atom stereocenters. The van der Waals surface area contributed by atoms with Crippen LogP contribution in [0.25, 0.3) is 0 Å². The number of rotatable bonds is 2. The van der Waals surface area contributed by atoms with Crippen LogP contribution in [-0.2, 0) is 0 Å². The summed E-state index contributed by atoms with van der Waals surface area (Å²) in [5, 5.41) is 0. The highest BCUT2D eigenvalue weighted by Gasteiger charge is 2.30. The van der Waals surface area contributed by atoms with Gasteiger partial charge < -0.3 is 0 Å². The molecule has 0 radical (unpaired) electrons. The predicted molar refractivity (Wildman–Crippen MR) is 101 cm³/mol. The first-order valence-corrected chi connectivity index (χ1v) is 9.02. The van der Waals surface area contributed by atoms with E-state index in [0.717, 1.165) is 11.8 Å². The normalized spacial score (nSPS) is 21.0. The third-order valence-electron chi connectivity index (χ3n) is 5.73. The molecule has 0 aromatic heterocycles. The fourth-order valence-electron chi connectivity index (χ4n) is 5.18. The summed E-state index contributed by atoms with van der Waals surface area (Å²) < 4.78 is 0. The van der Waals surface area contributed by atoms with E-state index in [4.69, 9.17) is 0 Å². The van der Waals surface area contributed by atoms with Gasteiger partial charge in [0.1, 0.15) is 0 Å². The quantitative estimate of drug-likeness (QED) is 0.587. The van der Waals surface area contributed by atoms with Crippen molar-refractivity contribution in [3.8, 4) is 0 Å². The predicted octanol–water partition coefficient (Wildman–Crippen LogP) is 6.59. The van der Waals surface area contributed by atoms with Crippen LogP contribution in [0, 0.1) is 41.5 Å². The molecule has 1 saturated carbocycles. The summed E-state index contributed by atoms with van der Waals surface area (Å²) in [7, 11) is 0. The van der Waals surface area contributed by atoms with Crippen molar-refractivity contribution in [2.75, 3.05) is 0 Å². The average Bonchev–Trinajstić information content (AvgIpc) is 2.85. The minimum absolute atomic E-state index is 0.737. The molecular formula is C23H30. The largest absolute Gasteiger partial charge is 0.0561 e. The second kappa shape index (κ2) is 6.15. The van der Waals surface area contributed by atoms with Gasteiger partial charge in [0, 0.05) is 0 Å². The third-order valence-corrected chi connectivity index (χ3v) is 5.73. The second-order valence-electron chi connectivity index (χ2n) is 7.83. The van der Waals surface area contributed by atoms with Gasteiger partial charge >= 0.3 is 0 Å². The molecule has 2 aromatic carbocycles. The number of aryl methyl sites for hydroxylation is 6. The van der Waals surface area contributed by atoms with E-state index in [-0.39, 0.29) is 0 Å². The highest BCUT2D eigenvalue weighted by Crippen LogP contribution is 2.47. The SMILES string of the molecule is Cc1cc(C)c(C2CCC(c3c(C)cc(C)cc3C)C2)c(C)c1. The topological polar surface area (TPSA) is 0 Å². The molecule has 0 N–H and O–H groups in total. The second-order valence-corrected chi connectivity index (χ2v) is 7.83. The molecule has 3 rings (SSSR count). The lowest BCUT2D eigenvalue weighted by atomic mass is 9.85. The van der Waals surface area contributed by atoms with Gasteiger partial charge in [-0.05, 0) is 106 Å². The zero-order chi connectivity index (χ0) is 16.7. The Hall–Kier alpha value is -1.56. The molecule has 122 valence electrons. The summed E-state index contributed by atoms with van der Waals surface area (Å²) in [6.07, 6.45) is 3.99. The van der Waals surface area contributed by atoms with Crippen LogP contribution in [0.1, 0.15) is 75.6 Å². The Morgan fingerprint density at radius 2 is 0.870 bits per heavy atom. The first-order valence-electron chi connectivity index (χ1n) is 9.02. The van der Waals surface area contributed by atoms with Gasteiger partial charge in [0.25, 0.3) is 0 Å². The fourth-order valence-corrected chi connectivity index (χ4v) is 5.18. The summed E-state index contributed by atoms with van der Waals surface area (Å²) in [5.74, 6) is 1.47. The van der Waals surface area contributed by atoms with E-state index in [1.54, 1.807) is 11.1 Å². The molecule has 0 heterocycles. The molecule has 0 aliphatic heterocycles. The van der Waals surface area contributed by atoms with Gasteiger partial charge in [0.2, 0.25) is 0 Å². The van der Waals surface area contributed by atoms with Crippen LogP contribution >= 0.6 is 0 Å². The Bertz CT molecular complexity index is 626. The number of hydrogen-bond donors (Lipinski definition) is 0. The lowest BCUT2D eigenvalue weighted by molar-refractivity contribution is 0.674. The molecule has 1 aliphatic carbocycles. The van der Waals surface area contributed by atoms with Crippen molar-refractivity contribution in [1.82, 2.24) is 0 Å². The van der Waals surface area contributed by atoms with Crippen molar-refractivity contribution in [2.45, 2.75) is 72.6 Å². The molecule has 0 heteroatoms. The minimum atomic E-state index is 0.737. The third kappa shape index (κ3) is 3.09. The Labute approximate surface area is 141 Å². The highest BCUT2D eigenvalue weighted by atomic mass is 14.3. The van der Waals surface area contributed by atoms with Crippen LogP contribution < -0.4 is 0 Å². The zero-order valence-corrected chi connectivity index (χ0v) is 15.6. The van der Waals surface area contributed by atoms with Crippen molar-refractivity contribution < 1.29 is 0 Å². The lowest BCUT2D eigenvalue weighted by Gasteiger charge is -2.20. The van der Waals surface area contributed by atoms with Crippen LogP contribution in [-0.4, -0.2) is 0 Å². The molecule has 0 amide bonds. The summed E-state index contributed by atoms with van der Waals surface area (Å²) in [5.41, 5.74) is 12.0. The summed E-state index contributed by atoms with van der Waals surface area (Å²) in [4.78, 5) is 0. The molecule has 2 aromatic rings. The standard InChI is InChI=1S/C23H30/c1-14-9-16(3)22(17(4)10-14)20-7-8-21(13-20)23-18(5)11-15(2)12-19(23)6/h9-12,20-21H,7-8,13H2,1-6H3. The van der Waals surface area contributed by atoms with Crippen LogP contribution in [0.2, 0.25) is 0 Å². The van der Waals surface area contributed by atoms with E-state index in [9.17, 15) is 0 Å². The van der Waals surface area contributed by atoms with Gasteiger partial charge in [-0.25, -0.2) is 0 Å². The summed E-state index contributed by atoms with van der Waals surface area (Å²) in [6, 6.07) is 9.44. The van der Waals surface area contributed by atoms with Gasteiger partial charge in [-0.3, -0.25) is 0 Å². The van der Waals surface area contributed by atoms with Crippen molar-refractivity contribution in [3.05, 3.63) is 68.8 Å². The van der Waals surface area contributed by atoms with Crippen LogP contribution in [0.15, 0.2) is 24.3 Å². The van der Waals surface area contributed by atoms with Crippen LogP contribution in [0.5, 0.6) is 0 Å². The van der Waals surface area contributed by atoms with E-state index in [2.05, 4.69) is 65.8 Å². The minimum Gasteiger partial charge on any atom is -0.0561 e. The first-order chi connectivity index (χ1) is 10.9. The molecule has 0 nitrogen and oxygen atoms in total. The van der Waals surface area contributed by atoms with Gasteiger partial charge in [0.05, 0.1) is 0 Å². The van der Waals surface area contributed by atoms with Gasteiger partial charge in [-0.1, -0.05) is 35.4 Å². The monoisotopic (exact) mass is 306 g/mol. The molecule has 0 bridgehead atoms. The van der Waals surface area contributed by atoms with Crippen LogP contribution in [0.3, 0.4) is 0 Å². The average molecular weight is 306 g/mol. The van der Waals surface area contributed by atoms with Gasteiger partial charge in [-0.15, -0.1) is 0 Å². The fraction of sp³-hybridized carbons (Fsp3) is 0.478. The van der Waals surface area contributed by atoms with E-state index in [0.29, 0.717) is 0 Å². The molecule has 0 saturated heterocycles. The Morgan fingerprint density at radius 3 is 1.17 bits per heavy atom. The first kappa shape index (κ1) is 16.3. The molecule has 2 atom stereocenters. The van der Waals surface area contributed by atoms with Gasteiger partial charge in [-0.2, -0.15) is 0 Å². The van der Waals surface area contributed by atoms with Gasteiger partial charge in [0.15, 0.2) is 0 Å². The van der Waals surface area contributed by atoms with E-state index in [1.165, 1.54) is 52.6 Å². The Kier molecular flexibility index (Phi) is 4.36. The van der Waals surface area contributed by atoms with Crippen molar-refractivity contribution in [2.24, 2.45) is 0 Å². The van der Waals surface area contributed by atoms with Crippen molar-refractivity contribution >= 4 is 0 Å². The van der Waals surface area contributed by atoms with Crippen molar-refractivity contribution in [3.63, 3.8) is 0 Å². The molecule has 1 aliphatic rings. The van der Waals surface area contributed by atoms with E-state index < -0.39 is 0 Å². The zero-order valence-electron chi connectivity index (χ0n) is 15.6. The van der Waals surface area contributed by atoms with E-state index in [1.807, 2.05) is 0 Å². The summed E-state index contributed by atoms with van der Waals surface area (Å²) >= 11 is 0. The Balaban J connectivity index is 1.91. The maximum Gasteiger partial charge on any atom is -0.0151 e. The maximum absolute atomic E-state index is 2.36. The highest BCUT2D eigenvalue weighted by molar-refractivity contribution is 5.44. The molecule has 23 heavy (non-hydrogen) atoms. The van der Waals surface area contributed by atoms with E-state index >= 15 is 0 Å². The lowest BCUT2D eigenvalue weighted by Crippen LogP contribution is -2.03. The van der Waals surface area contributed by atoms with Crippen molar-refractivity contribution in [1.29, 1.82) is 0 Å².